The maximum Gasteiger partial charge on any atom is 0.146 e. The molecule has 0 radical (unpaired) electrons. The summed E-state index contributed by atoms with van der Waals surface area (Å²) < 4.78 is 2.38. The van der Waals surface area contributed by atoms with Gasteiger partial charge in [0.05, 0.1) is 16.9 Å². The Balaban J connectivity index is 1.50. The molecular weight excluding hydrogens is 723 g/mol. The highest BCUT2D eigenvalue weighted by atomic mass is 32.1. The van der Waals surface area contributed by atoms with Crippen molar-refractivity contribution in [2.24, 2.45) is 0 Å². The van der Waals surface area contributed by atoms with Gasteiger partial charge in [0, 0.05) is 38.7 Å². The van der Waals surface area contributed by atoms with Gasteiger partial charge < -0.3 is 0 Å². The molecule has 0 saturated heterocycles. The Morgan fingerprint density at radius 2 is 1.05 bits per heavy atom. The molecule has 58 heavy (non-hydrogen) atoms. The molecule has 4 heteroatoms. The molecule has 7 aromatic rings. The average Bonchev–Trinajstić information content (AvgIpc) is 3.46. The Labute approximate surface area is 353 Å². The van der Waals surface area contributed by atoms with Crippen molar-refractivity contribution in [2.45, 2.75) is 136 Å². The number of nitrogens with zero attached hydrogens (tertiary/aromatic N) is 3. The van der Waals surface area contributed by atoms with Crippen molar-refractivity contribution in [1.82, 2.24) is 14.5 Å². The summed E-state index contributed by atoms with van der Waals surface area (Å²) in [6.07, 6.45) is 1.95. The highest BCUT2D eigenvalue weighted by molar-refractivity contribution is 7.80. The zero-order chi connectivity index (χ0) is 42.3. The first-order valence-corrected chi connectivity index (χ1v) is 21.3. The second-order valence-corrected chi connectivity index (χ2v) is 22.0. The van der Waals surface area contributed by atoms with E-state index in [2.05, 4.69) is 205 Å². The molecular formula is C54H63N3S. The van der Waals surface area contributed by atoms with Gasteiger partial charge in [0.1, 0.15) is 5.65 Å². The van der Waals surface area contributed by atoms with E-state index in [-0.39, 0.29) is 27.1 Å². The van der Waals surface area contributed by atoms with Gasteiger partial charge in [0.2, 0.25) is 0 Å². The molecule has 0 aliphatic rings. The van der Waals surface area contributed by atoms with Crippen LogP contribution in [0, 0.1) is 0 Å². The van der Waals surface area contributed by atoms with E-state index in [1.54, 1.807) is 0 Å². The van der Waals surface area contributed by atoms with Crippen LogP contribution in [0.25, 0.3) is 61.3 Å². The lowest BCUT2D eigenvalue weighted by Crippen LogP contribution is -2.17. The zero-order valence-corrected chi connectivity index (χ0v) is 38.5. The van der Waals surface area contributed by atoms with Gasteiger partial charge in [-0.05, 0) is 127 Å². The maximum absolute atomic E-state index is 5.63. The lowest BCUT2D eigenvalue weighted by Gasteiger charge is -2.28. The predicted octanol–water partition coefficient (Wildman–Crippen LogP) is 15.4. The van der Waals surface area contributed by atoms with E-state index in [9.17, 15) is 0 Å². The first kappa shape index (κ1) is 41.5. The minimum Gasteiger partial charge on any atom is -0.294 e. The highest BCUT2D eigenvalue weighted by Crippen LogP contribution is 2.42. The lowest BCUT2D eigenvalue weighted by atomic mass is 9.79. The molecule has 0 aliphatic heterocycles. The van der Waals surface area contributed by atoms with E-state index >= 15 is 0 Å². The van der Waals surface area contributed by atoms with E-state index in [0.717, 1.165) is 55.2 Å². The number of hydrogen-bond donors (Lipinski definition) is 1. The molecule has 3 heterocycles. The zero-order valence-electron chi connectivity index (χ0n) is 37.6. The monoisotopic (exact) mass is 785 g/mol. The third-order valence-electron chi connectivity index (χ3n) is 11.7. The van der Waals surface area contributed by atoms with Gasteiger partial charge in [-0.15, -0.1) is 12.6 Å². The molecule has 3 nitrogen and oxygen atoms in total. The molecule has 0 spiro atoms. The Morgan fingerprint density at radius 3 is 1.66 bits per heavy atom. The second kappa shape index (κ2) is 14.3. The van der Waals surface area contributed by atoms with Gasteiger partial charge in [-0.1, -0.05) is 140 Å². The van der Waals surface area contributed by atoms with Crippen LogP contribution in [0.15, 0.2) is 108 Å². The molecule has 0 aliphatic carbocycles. The van der Waals surface area contributed by atoms with Gasteiger partial charge >= 0.3 is 0 Å². The molecule has 0 unspecified atom stereocenters. The number of hydrogen-bond acceptors (Lipinski definition) is 3. The molecule has 3 aromatic heterocycles. The molecule has 0 bridgehead atoms. The van der Waals surface area contributed by atoms with E-state index in [4.69, 9.17) is 22.6 Å². The summed E-state index contributed by atoms with van der Waals surface area (Å²) in [5.41, 5.74) is 15.7. The van der Waals surface area contributed by atoms with Gasteiger partial charge in [-0.2, -0.15) is 0 Å². The van der Waals surface area contributed by atoms with E-state index < -0.39 is 0 Å². The molecule has 0 N–H and O–H groups in total. The number of pyridine rings is 2. The van der Waals surface area contributed by atoms with Gasteiger partial charge in [0.25, 0.3) is 0 Å². The Kier molecular flexibility index (Phi) is 10.2. The normalized spacial score (nSPS) is 13.2. The fourth-order valence-corrected chi connectivity index (χ4v) is 8.43. The van der Waals surface area contributed by atoms with Crippen LogP contribution in [0.3, 0.4) is 0 Å². The Morgan fingerprint density at radius 1 is 0.448 bits per heavy atom. The number of benzene rings is 4. The third-order valence-corrected chi connectivity index (χ3v) is 12.2. The van der Waals surface area contributed by atoms with Crippen LogP contribution in [0.1, 0.15) is 132 Å². The molecule has 7 rings (SSSR count). The minimum absolute atomic E-state index is 0.00324. The topological polar surface area (TPSA) is 30.7 Å². The van der Waals surface area contributed by atoms with Crippen molar-refractivity contribution in [3.63, 3.8) is 0 Å². The van der Waals surface area contributed by atoms with Gasteiger partial charge in [0.15, 0.2) is 0 Å². The smallest absolute Gasteiger partial charge is 0.146 e. The number of fused-ring (bicyclic) bond motifs is 3. The van der Waals surface area contributed by atoms with Gasteiger partial charge in [-0.25, -0.2) is 4.98 Å². The van der Waals surface area contributed by atoms with E-state index in [0.29, 0.717) is 0 Å². The van der Waals surface area contributed by atoms with Crippen LogP contribution in [-0.2, 0) is 27.1 Å². The van der Waals surface area contributed by atoms with Crippen LogP contribution >= 0.6 is 12.6 Å². The van der Waals surface area contributed by atoms with Crippen molar-refractivity contribution < 1.29 is 0 Å². The summed E-state index contributed by atoms with van der Waals surface area (Å²) in [4.78, 5) is 11.6. The standard InChI is InChI=1S/C54H63N3S/c1-50(2,3)36-18-16-33(17-19-36)34-24-25-55-46(28-34)35-26-38(52(7,8)9)29-40(27-35)57-47-23-20-37(51(4,5)6)30-42(47)41-21-22-45(56-49(41)57)43-31-39(53(10,11)12)32-44(48(43)58)54(13,14)15/h16-32,58H,1-15H3. The number of rotatable bonds is 4. The van der Waals surface area contributed by atoms with Crippen LogP contribution < -0.4 is 0 Å². The summed E-state index contributed by atoms with van der Waals surface area (Å²) >= 11 is 5.24. The summed E-state index contributed by atoms with van der Waals surface area (Å²) in [5, 5.41) is 2.34. The average molecular weight is 786 g/mol. The molecule has 4 aromatic carbocycles. The summed E-state index contributed by atoms with van der Waals surface area (Å²) in [6, 6.07) is 36.4. The van der Waals surface area contributed by atoms with Crippen LogP contribution in [0.2, 0.25) is 0 Å². The van der Waals surface area contributed by atoms with Crippen molar-refractivity contribution in [3.8, 4) is 39.3 Å². The fraction of sp³-hybridized carbons (Fsp3) is 0.370. The Hall–Kier alpha value is -4.67. The fourth-order valence-electron chi connectivity index (χ4n) is 7.85. The van der Waals surface area contributed by atoms with Crippen LogP contribution in [0.5, 0.6) is 0 Å². The quantitative estimate of drug-likeness (QED) is 0.180. The highest BCUT2D eigenvalue weighted by Gasteiger charge is 2.27. The number of aromatic nitrogens is 3. The third kappa shape index (κ3) is 8.02. The van der Waals surface area contributed by atoms with Crippen molar-refractivity contribution in [3.05, 3.63) is 131 Å². The summed E-state index contributed by atoms with van der Waals surface area (Å²) in [7, 11) is 0. The maximum atomic E-state index is 5.63. The van der Waals surface area contributed by atoms with Gasteiger partial charge in [-0.3, -0.25) is 9.55 Å². The Bertz CT molecular complexity index is 2680. The van der Waals surface area contributed by atoms with Crippen molar-refractivity contribution >= 4 is 34.6 Å². The number of thiol groups is 1. The van der Waals surface area contributed by atoms with Crippen molar-refractivity contribution in [2.75, 3.05) is 0 Å². The largest absolute Gasteiger partial charge is 0.294 e. The minimum atomic E-state index is -0.112. The van der Waals surface area contributed by atoms with E-state index in [1.807, 2.05) is 6.20 Å². The van der Waals surface area contributed by atoms with Crippen molar-refractivity contribution in [1.29, 1.82) is 0 Å². The second-order valence-electron chi connectivity index (χ2n) is 21.6. The summed E-state index contributed by atoms with van der Waals surface area (Å²) in [6.45, 7) is 34.2. The van der Waals surface area contributed by atoms with Crippen LogP contribution in [0.4, 0.5) is 0 Å². The molecule has 0 saturated carbocycles. The molecule has 0 atom stereocenters. The summed E-state index contributed by atoms with van der Waals surface area (Å²) in [5.74, 6) is 0. The predicted molar refractivity (Wildman–Crippen MR) is 253 cm³/mol. The molecule has 0 fully saturated rings. The van der Waals surface area contributed by atoms with E-state index in [1.165, 1.54) is 38.8 Å². The molecule has 0 amide bonds. The van der Waals surface area contributed by atoms with Crippen LogP contribution in [-0.4, -0.2) is 14.5 Å². The SMILES string of the molecule is CC(C)(C)c1ccc(-c2ccnc(-c3cc(-n4c5ccc(C(C)(C)C)cc5c5ccc(-c6cc(C(C)(C)C)cc(C(C)(C)C)c6S)nc54)cc(C(C)(C)C)c3)c2)cc1. The molecule has 300 valence electrons. The lowest BCUT2D eigenvalue weighted by molar-refractivity contribution is 0.560. The first-order valence-electron chi connectivity index (χ1n) is 20.9. The first-order chi connectivity index (χ1) is 26.8.